The van der Waals surface area contributed by atoms with Crippen molar-refractivity contribution >= 4 is 17.5 Å². The highest BCUT2D eigenvalue weighted by molar-refractivity contribution is 6.30. The van der Waals surface area contributed by atoms with Gasteiger partial charge in [-0.1, -0.05) is 0 Å². The molecule has 0 saturated heterocycles. The lowest BCUT2D eigenvalue weighted by molar-refractivity contribution is -0.121. The lowest BCUT2D eigenvalue weighted by Crippen LogP contribution is -2.42. The molecule has 2 N–H and O–H groups in total. The number of hydrogen-bond donors (Lipinski definition) is 2. The molecule has 3 unspecified atom stereocenters. The fourth-order valence-electron chi connectivity index (χ4n) is 1.61. The lowest BCUT2D eigenvalue weighted by atomic mass is 9.93. The lowest BCUT2D eigenvalue weighted by Gasteiger charge is -2.26. The standard InChI is InChI=1S/C9H16ClNO2/c1-6(10)9(13)11-7-3-2-4-8(12)5-7/h6-8,12H,2-5H2,1H3,(H,11,13). The molecule has 1 aliphatic carbocycles. The Labute approximate surface area is 83.5 Å². The quantitative estimate of drug-likeness (QED) is 0.662. The van der Waals surface area contributed by atoms with Gasteiger partial charge in [0.05, 0.1) is 6.10 Å². The van der Waals surface area contributed by atoms with Gasteiger partial charge in [-0.2, -0.15) is 0 Å². The topological polar surface area (TPSA) is 49.3 Å². The van der Waals surface area contributed by atoms with Crippen LogP contribution in [-0.4, -0.2) is 28.5 Å². The number of carbonyl (C=O) groups is 1. The zero-order chi connectivity index (χ0) is 9.84. The van der Waals surface area contributed by atoms with E-state index in [1.807, 2.05) is 0 Å². The maximum atomic E-state index is 11.2. The number of aliphatic hydroxyl groups is 1. The molecule has 1 aliphatic rings. The maximum absolute atomic E-state index is 11.2. The van der Waals surface area contributed by atoms with E-state index >= 15 is 0 Å². The molecule has 0 aromatic carbocycles. The van der Waals surface area contributed by atoms with Crippen LogP contribution in [-0.2, 0) is 4.79 Å². The minimum atomic E-state index is -0.487. The van der Waals surface area contributed by atoms with E-state index in [-0.39, 0.29) is 18.1 Å². The van der Waals surface area contributed by atoms with E-state index in [0.29, 0.717) is 6.42 Å². The van der Waals surface area contributed by atoms with Gasteiger partial charge >= 0.3 is 0 Å². The van der Waals surface area contributed by atoms with Gasteiger partial charge in [0.1, 0.15) is 5.38 Å². The van der Waals surface area contributed by atoms with E-state index in [2.05, 4.69) is 5.32 Å². The minimum Gasteiger partial charge on any atom is -0.393 e. The van der Waals surface area contributed by atoms with Gasteiger partial charge < -0.3 is 10.4 Å². The average molecular weight is 206 g/mol. The fraction of sp³-hybridized carbons (Fsp3) is 0.889. The Kier molecular flexibility index (Phi) is 4.00. The van der Waals surface area contributed by atoms with Gasteiger partial charge in [-0.15, -0.1) is 11.6 Å². The second-order valence-electron chi connectivity index (χ2n) is 3.64. The van der Waals surface area contributed by atoms with Gasteiger partial charge in [0.25, 0.3) is 0 Å². The Morgan fingerprint density at radius 3 is 2.85 bits per heavy atom. The van der Waals surface area contributed by atoms with Crippen molar-refractivity contribution in [3.8, 4) is 0 Å². The van der Waals surface area contributed by atoms with Gasteiger partial charge in [-0.25, -0.2) is 0 Å². The zero-order valence-corrected chi connectivity index (χ0v) is 8.55. The zero-order valence-electron chi connectivity index (χ0n) is 7.79. The highest BCUT2D eigenvalue weighted by Crippen LogP contribution is 2.18. The second-order valence-corrected chi connectivity index (χ2v) is 4.30. The van der Waals surface area contributed by atoms with Crippen molar-refractivity contribution in [3.05, 3.63) is 0 Å². The molecule has 3 nitrogen and oxygen atoms in total. The number of nitrogens with one attached hydrogen (secondary N) is 1. The molecule has 0 aromatic heterocycles. The van der Waals surface area contributed by atoms with Crippen molar-refractivity contribution < 1.29 is 9.90 Å². The van der Waals surface area contributed by atoms with Crippen molar-refractivity contribution in [1.29, 1.82) is 0 Å². The molecular formula is C9H16ClNO2. The second kappa shape index (κ2) is 4.82. The van der Waals surface area contributed by atoms with Crippen LogP contribution in [0.4, 0.5) is 0 Å². The molecule has 0 spiro atoms. The summed E-state index contributed by atoms with van der Waals surface area (Å²) >= 11 is 5.61. The van der Waals surface area contributed by atoms with Gasteiger partial charge in [-0.05, 0) is 32.6 Å². The number of rotatable bonds is 2. The summed E-state index contributed by atoms with van der Waals surface area (Å²) in [5.74, 6) is -0.138. The summed E-state index contributed by atoms with van der Waals surface area (Å²) in [4.78, 5) is 11.2. The first-order chi connectivity index (χ1) is 6.09. The predicted octanol–water partition coefficient (Wildman–Crippen LogP) is 1.03. The van der Waals surface area contributed by atoms with Crippen molar-refractivity contribution in [1.82, 2.24) is 5.32 Å². The van der Waals surface area contributed by atoms with Crippen LogP contribution in [0.2, 0.25) is 0 Å². The number of halogens is 1. The Morgan fingerprint density at radius 1 is 1.62 bits per heavy atom. The van der Waals surface area contributed by atoms with E-state index in [0.717, 1.165) is 19.3 Å². The van der Waals surface area contributed by atoms with E-state index in [1.165, 1.54) is 0 Å². The van der Waals surface area contributed by atoms with Crippen LogP contribution < -0.4 is 5.32 Å². The molecule has 1 saturated carbocycles. The molecule has 13 heavy (non-hydrogen) atoms. The van der Waals surface area contributed by atoms with Crippen LogP contribution in [0.15, 0.2) is 0 Å². The molecule has 1 fully saturated rings. The fourth-order valence-corrected chi connectivity index (χ4v) is 1.67. The van der Waals surface area contributed by atoms with Crippen LogP contribution in [0.1, 0.15) is 32.6 Å². The van der Waals surface area contributed by atoms with Crippen molar-refractivity contribution in [2.45, 2.75) is 50.1 Å². The van der Waals surface area contributed by atoms with E-state index in [1.54, 1.807) is 6.92 Å². The van der Waals surface area contributed by atoms with E-state index in [9.17, 15) is 9.90 Å². The maximum Gasteiger partial charge on any atom is 0.237 e. The van der Waals surface area contributed by atoms with Crippen molar-refractivity contribution in [2.75, 3.05) is 0 Å². The molecule has 0 bridgehead atoms. The minimum absolute atomic E-state index is 0.109. The number of carbonyl (C=O) groups excluding carboxylic acids is 1. The number of alkyl halides is 1. The third-order valence-electron chi connectivity index (χ3n) is 2.35. The highest BCUT2D eigenvalue weighted by atomic mass is 35.5. The first kappa shape index (κ1) is 10.8. The van der Waals surface area contributed by atoms with E-state index < -0.39 is 5.38 Å². The summed E-state index contributed by atoms with van der Waals surface area (Å²) in [5, 5.41) is 11.7. The largest absolute Gasteiger partial charge is 0.393 e. The van der Waals surface area contributed by atoms with Gasteiger partial charge in [0.15, 0.2) is 0 Å². The highest BCUT2D eigenvalue weighted by Gasteiger charge is 2.22. The van der Waals surface area contributed by atoms with E-state index in [4.69, 9.17) is 11.6 Å². The molecule has 0 aromatic rings. The van der Waals surface area contributed by atoms with Crippen molar-refractivity contribution in [3.63, 3.8) is 0 Å². The van der Waals surface area contributed by atoms with Crippen LogP contribution >= 0.6 is 11.6 Å². The molecular weight excluding hydrogens is 190 g/mol. The molecule has 0 heterocycles. The predicted molar refractivity (Wildman–Crippen MR) is 51.7 cm³/mol. The summed E-state index contributed by atoms with van der Waals surface area (Å²) in [7, 11) is 0. The third-order valence-corrected chi connectivity index (χ3v) is 2.55. The summed E-state index contributed by atoms with van der Waals surface area (Å²) in [6.07, 6.45) is 3.18. The summed E-state index contributed by atoms with van der Waals surface area (Å²) in [6.45, 7) is 1.65. The Balaban J connectivity index is 2.31. The molecule has 1 rings (SSSR count). The SMILES string of the molecule is CC(Cl)C(=O)NC1CCCC(O)C1. The number of aliphatic hydroxyl groups excluding tert-OH is 1. The Bertz CT molecular complexity index is 184. The first-order valence-electron chi connectivity index (χ1n) is 4.72. The van der Waals surface area contributed by atoms with Gasteiger partial charge in [0.2, 0.25) is 5.91 Å². The number of amides is 1. The summed E-state index contributed by atoms with van der Waals surface area (Å²) in [6, 6.07) is 0.109. The van der Waals surface area contributed by atoms with Crippen LogP contribution in [0.5, 0.6) is 0 Å². The summed E-state index contributed by atoms with van der Waals surface area (Å²) in [5.41, 5.74) is 0. The molecule has 76 valence electrons. The molecule has 3 atom stereocenters. The van der Waals surface area contributed by atoms with Gasteiger partial charge in [0, 0.05) is 6.04 Å². The van der Waals surface area contributed by atoms with Crippen LogP contribution in [0.25, 0.3) is 0 Å². The molecule has 1 amide bonds. The average Bonchev–Trinajstić information content (AvgIpc) is 2.04. The molecule has 0 aliphatic heterocycles. The molecule has 0 radical (unpaired) electrons. The molecule has 4 heteroatoms. The number of hydrogen-bond acceptors (Lipinski definition) is 2. The third kappa shape index (κ3) is 3.53. The van der Waals surface area contributed by atoms with Crippen molar-refractivity contribution in [2.24, 2.45) is 0 Å². The van der Waals surface area contributed by atoms with Gasteiger partial charge in [-0.3, -0.25) is 4.79 Å². The Morgan fingerprint density at radius 2 is 2.31 bits per heavy atom. The Hall–Kier alpha value is -0.280. The van der Waals surface area contributed by atoms with Crippen LogP contribution in [0.3, 0.4) is 0 Å². The smallest absolute Gasteiger partial charge is 0.237 e. The monoisotopic (exact) mass is 205 g/mol. The van der Waals surface area contributed by atoms with Crippen LogP contribution in [0, 0.1) is 0 Å². The first-order valence-corrected chi connectivity index (χ1v) is 5.15. The normalized spacial score (nSPS) is 31.0. The summed E-state index contributed by atoms with van der Waals surface area (Å²) < 4.78 is 0.